The van der Waals surface area contributed by atoms with E-state index in [0.29, 0.717) is 12.5 Å². The van der Waals surface area contributed by atoms with Crippen LogP contribution in [0.4, 0.5) is 9.80 Å². The maximum absolute atomic E-state index is 12.6. The van der Waals surface area contributed by atoms with Crippen molar-refractivity contribution < 1.29 is 9.53 Å². The average Bonchev–Trinajstić information content (AvgIpc) is 3.22. The molecule has 124 valence electrons. The van der Waals surface area contributed by atoms with Crippen molar-refractivity contribution in [3.05, 3.63) is 41.8 Å². The van der Waals surface area contributed by atoms with Crippen LogP contribution in [0, 0.1) is 5.92 Å². The van der Waals surface area contributed by atoms with Gasteiger partial charge in [-0.3, -0.25) is 9.80 Å². The SMILES string of the molecule is O=C1O[C@]2(CN3CCC2CC3)CN1c1cc(-c2ccccc2)cs1. The second-order valence-electron chi connectivity index (χ2n) is 7.11. The molecule has 6 rings (SSSR count). The van der Waals surface area contributed by atoms with E-state index in [-0.39, 0.29) is 11.7 Å². The molecule has 4 nitrogen and oxygen atoms in total. The van der Waals surface area contributed by atoms with Gasteiger partial charge >= 0.3 is 6.09 Å². The molecule has 0 radical (unpaired) electrons. The van der Waals surface area contributed by atoms with Crippen LogP contribution in [-0.4, -0.2) is 42.8 Å². The Morgan fingerprint density at radius 1 is 1.08 bits per heavy atom. The number of thiophene rings is 1. The van der Waals surface area contributed by atoms with E-state index in [4.69, 9.17) is 4.74 Å². The summed E-state index contributed by atoms with van der Waals surface area (Å²) in [6, 6.07) is 12.4. The van der Waals surface area contributed by atoms with E-state index in [0.717, 1.165) is 37.5 Å². The molecule has 24 heavy (non-hydrogen) atoms. The van der Waals surface area contributed by atoms with E-state index in [9.17, 15) is 4.79 Å². The number of piperidine rings is 3. The summed E-state index contributed by atoms with van der Waals surface area (Å²) in [5.74, 6) is 0.519. The minimum Gasteiger partial charge on any atom is -0.439 e. The Kier molecular flexibility index (Phi) is 3.22. The highest BCUT2D eigenvalue weighted by atomic mass is 32.1. The zero-order valence-electron chi connectivity index (χ0n) is 13.5. The molecule has 0 N–H and O–H groups in total. The number of hydrogen-bond donors (Lipinski definition) is 0. The van der Waals surface area contributed by atoms with E-state index in [1.54, 1.807) is 11.3 Å². The number of carbonyl (C=O) groups is 1. The molecule has 0 saturated carbocycles. The number of nitrogens with zero attached hydrogens (tertiary/aromatic N) is 2. The van der Waals surface area contributed by atoms with Gasteiger partial charge in [-0.25, -0.2) is 4.79 Å². The lowest BCUT2D eigenvalue weighted by Crippen LogP contribution is -2.61. The third-order valence-electron chi connectivity index (χ3n) is 5.72. The molecule has 1 amide bonds. The molecule has 1 aromatic carbocycles. The molecule has 4 fully saturated rings. The molecule has 0 aliphatic carbocycles. The third kappa shape index (κ3) is 2.19. The number of ether oxygens (including phenoxy) is 1. The fourth-order valence-electron chi connectivity index (χ4n) is 4.43. The predicted octanol–water partition coefficient (Wildman–Crippen LogP) is 3.84. The van der Waals surface area contributed by atoms with Gasteiger partial charge in [-0.15, -0.1) is 11.3 Å². The molecule has 4 aliphatic heterocycles. The standard InChI is InChI=1S/C19H20N2O2S/c22-18-21(13-19(23-18)12-20-8-6-16(19)7-9-20)17-10-15(11-24-17)14-4-2-1-3-5-14/h1-5,10-11,16H,6-9,12-13H2/t19-/m1/s1. The topological polar surface area (TPSA) is 32.8 Å². The second kappa shape index (κ2) is 5.33. The first-order valence-electron chi connectivity index (χ1n) is 8.60. The van der Waals surface area contributed by atoms with E-state index in [2.05, 4.69) is 28.5 Å². The number of amides is 1. The van der Waals surface area contributed by atoms with Crippen LogP contribution in [0.2, 0.25) is 0 Å². The van der Waals surface area contributed by atoms with Gasteiger partial charge in [0.1, 0.15) is 10.6 Å². The molecular formula is C19H20N2O2S. The fourth-order valence-corrected chi connectivity index (χ4v) is 5.34. The Balaban J connectivity index is 1.42. The normalized spacial score (nSPS) is 31.7. The van der Waals surface area contributed by atoms with Crippen molar-refractivity contribution in [2.24, 2.45) is 5.92 Å². The summed E-state index contributed by atoms with van der Waals surface area (Å²) in [6.45, 7) is 3.90. The number of hydrogen-bond acceptors (Lipinski definition) is 4. The quantitative estimate of drug-likeness (QED) is 0.833. The van der Waals surface area contributed by atoms with Crippen molar-refractivity contribution in [1.82, 2.24) is 4.90 Å². The molecule has 5 heteroatoms. The van der Waals surface area contributed by atoms with Gasteiger partial charge < -0.3 is 4.74 Å². The third-order valence-corrected chi connectivity index (χ3v) is 6.67. The van der Waals surface area contributed by atoms with Crippen molar-refractivity contribution in [2.45, 2.75) is 18.4 Å². The van der Waals surface area contributed by atoms with Crippen molar-refractivity contribution in [1.29, 1.82) is 0 Å². The van der Waals surface area contributed by atoms with Crippen LogP contribution >= 0.6 is 11.3 Å². The highest BCUT2D eigenvalue weighted by Crippen LogP contribution is 2.44. The smallest absolute Gasteiger partial charge is 0.415 e. The van der Waals surface area contributed by atoms with Gasteiger partial charge in [-0.2, -0.15) is 0 Å². The zero-order valence-corrected chi connectivity index (χ0v) is 14.3. The van der Waals surface area contributed by atoms with Crippen LogP contribution in [-0.2, 0) is 4.74 Å². The van der Waals surface area contributed by atoms with E-state index >= 15 is 0 Å². The van der Waals surface area contributed by atoms with Gasteiger partial charge in [0, 0.05) is 17.8 Å². The highest BCUT2D eigenvalue weighted by Gasteiger charge is 2.55. The van der Waals surface area contributed by atoms with Crippen molar-refractivity contribution in [2.75, 3.05) is 31.1 Å². The zero-order chi connectivity index (χ0) is 16.1. The fraction of sp³-hybridized carbons (Fsp3) is 0.421. The summed E-state index contributed by atoms with van der Waals surface area (Å²) >= 11 is 1.62. The van der Waals surface area contributed by atoms with E-state index in [1.165, 1.54) is 11.1 Å². The molecule has 4 aliphatic rings. The van der Waals surface area contributed by atoms with Crippen molar-refractivity contribution in [3.63, 3.8) is 0 Å². The molecule has 2 aromatic rings. The second-order valence-corrected chi connectivity index (χ2v) is 8.00. The lowest BCUT2D eigenvalue weighted by molar-refractivity contribution is -0.0881. The van der Waals surface area contributed by atoms with Crippen LogP contribution in [0.1, 0.15) is 12.8 Å². The van der Waals surface area contributed by atoms with Crippen LogP contribution in [0.25, 0.3) is 11.1 Å². The first-order valence-corrected chi connectivity index (χ1v) is 9.48. The Morgan fingerprint density at radius 3 is 2.58 bits per heavy atom. The number of rotatable bonds is 2. The van der Waals surface area contributed by atoms with Crippen LogP contribution < -0.4 is 4.90 Å². The summed E-state index contributed by atoms with van der Waals surface area (Å²) in [6.07, 6.45) is 2.13. The number of anilines is 1. The van der Waals surface area contributed by atoms with Gasteiger partial charge in [-0.1, -0.05) is 30.3 Å². The molecule has 1 spiro atoms. The maximum Gasteiger partial charge on any atom is 0.415 e. The first-order chi connectivity index (χ1) is 11.7. The van der Waals surface area contributed by atoms with Gasteiger partial charge in [0.25, 0.3) is 0 Å². The number of carbonyl (C=O) groups excluding carboxylic acids is 1. The predicted molar refractivity (Wildman–Crippen MR) is 95.5 cm³/mol. The van der Waals surface area contributed by atoms with Crippen LogP contribution in [0.3, 0.4) is 0 Å². The summed E-state index contributed by atoms with van der Waals surface area (Å²) < 4.78 is 5.96. The summed E-state index contributed by atoms with van der Waals surface area (Å²) in [5.41, 5.74) is 2.06. The highest BCUT2D eigenvalue weighted by molar-refractivity contribution is 7.14. The Bertz CT molecular complexity index is 767. The maximum atomic E-state index is 12.6. The van der Waals surface area contributed by atoms with Crippen molar-refractivity contribution >= 4 is 22.4 Å². The average molecular weight is 340 g/mol. The first kappa shape index (κ1) is 14.5. The van der Waals surface area contributed by atoms with Crippen LogP contribution in [0.15, 0.2) is 41.8 Å². The summed E-state index contributed by atoms with van der Waals surface area (Å²) in [7, 11) is 0. The summed E-state index contributed by atoms with van der Waals surface area (Å²) in [5, 5.41) is 3.12. The van der Waals surface area contributed by atoms with Gasteiger partial charge in [-0.05, 0) is 43.1 Å². The Morgan fingerprint density at radius 2 is 1.88 bits per heavy atom. The molecule has 4 saturated heterocycles. The monoisotopic (exact) mass is 340 g/mol. The molecular weight excluding hydrogens is 320 g/mol. The largest absolute Gasteiger partial charge is 0.439 e. The van der Waals surface area contributed by atoms with Crippen molar-refractivity contribution in [3.8, 4) is 11.1 Å². The van der Waals surface area contributed by atoms with Gasteiger partial charge in [0.2, 0.25) is 0 Å². The minimum atomic E-state index is -0.287. The van der Waals surface area contributed by atoms with E-state index < -0.39 is 0 Å². The molecule has 1 aromatic heterocycles. The van der Waals surface area contributed by atoms with Crippen LogP contribution in [0.5, 0.6) is 0 Å². The van der Waals surface area contributed by atoms with E-state index in [1.807, 2.05) is 23.1 Å². The Hall–Kier alpha value is -1.85. The summed E-state index contributed by atoms with van der Waals surface area (Å²) in [4.78, 5) is 16.9. The lowest BCUT2D eigenvalue weighted by atomic mass is 9.75. The lowest BCUT2D eigenvalue weighted by Gasteiger charge is -2.49. The number of fused-ring (bicyclic) bond motifs is 2. The molecule has 0 unspecified atom stereocenters. The Labute approximate surface area is 145 Å². The molecule has 1 atom stereocenters. The van der Waals surface area contributed by atoms with Gasteiger partial charge in [0.05, 0.1) is 6.54 Å². The molecule has 2 bridgehead atoms. The molecule has 5 heterocycles. The van der Waals surface area contributed by atoms with Gasteiger partial charge in [0.15, 0.2) is 0 Å². The number of benzene rings is 1. The minimum absolute atomic E-state index is 0.176.